The Balaban J connectivity index is 2.11. The molecule has 1 fully saturated rings. The maximum Gasteiger partial charge on any atom is 0.249 e. The van der Waals surface area contributed by atoms with Crippen molar-refractivity contribution in [3.05, 3.63) is 0 Å². The Labute approximate surface area is 443 Å². The lowest BCUT2D eigenvalue weighted by Gasteiger charge is -2.40. The molecule has 72 heavy (non-hydrogen) atoms. The van der Waals surface area contributed by atoms with E-state index in [0.717, 1.165) is 38.5 Å². The van der Waals surface area contributed by atoms with Crippen molar-refractivity contribution in [2.45, 2.75) is 371 Å². The van der Waals surface area contributed by atoms with Crippen molar-refractivity contribution in [1.82, 2.24) is 5.32 Å². The zero-order valence-electron chi connectivity index (χ0n) is 47.2. The first kappa shape index (κ1) is 69.1. The van der Waals surface area contributed by atoms with Crippen molar-refractivity contribution < 1.29 is 50.0 Å². The predicted octanol–water partition coefficient (Wildman–Crippen LogP) is 13.7. The highest BCUT2D eigenvalue weighted by Crippen LogP contribution is 2.24. The number of hydrogen-bond acceptors (Lipinski definition) is 10. The first-order valence-electron chi connectivity index (χ1n) is 31.4. The minimum absolute atomic E-state index is 0.267. The average molecular weight is 1030 g/mol. The van der Waals surface area contributed by atoms with Gasteiger partial charge in [0.2, 0.25) is 5.91 Å². The predicted molar refractivity (Wildman–Crippen MR) is 298 cm³/mol. The molecule has 0 bridgehead atoms. The third kappa shape index (κ3) is 38.6. The van der Waals surface area contributed by atoms with Gasteiger partial charge >= 0.3 is 0 Å². The lowest BCUT2D eigenvalue weighted by atomic mass is 9.98. The number of unbranched alkanes of at least 4 members (excludes halogenated alkanes) is 43. The summed E-state index contributed by atoms with van der Waals surface area (Å²) in [5.74, 6) is -0.690. The molecule has 0 aliphatic carbocycles. The van der Waals surface area contributed by atoms with Gasteiger partial charge in [-0.2, -0.15) is 0 Å². The van der Waals surface area contributed by atoms with Gasteiger partial charge in [0.1, 0.15) is 36.6 Å². The molecule has 1 aliphatic rings. The summed E-state index contributed by atoms with van der Waals surface area (Å²) >= 11 is 0. The number of rotatable bonds is 55. The lowest BCUT2D eigenvalue weighted by Crippen LogP contribution is -2.60. The van der Waals surface area contributed by atoms with Crippen LogP contribution in [0.2, 0.25) is 0 Å². The molecule has 430 valence electrons. The molecule has 1 amide bonds. The summed E-state index contributed by atoms with van der Waals surface area (Å²) in [5, 5.41) is 76.0. The van der Waals surface area contributed by atoms with E-state index < -0.39 is 74.2 Å². The van der Waals surface area contributed by atoms with Crippen molar-refractivity contribution >= 4 is 5.91 Å². The summed E-state index contributed by atoms with van der Waals surface area (Å²) in [7, 11) is 0. The van der Waals surface area contributed by atoms with E-state index >= 15 is 0 Å². The molecule has 0 aromatic heterocycles. The largest absolute Gasteiger partial charge is 0.394 e. The Hall–Kier alpha value is -0.890. The Bertz CT molecular complexity index is 1130. The summed E-state index contributed by atoms with van der Waals surface area (Å²) in [5.41, 5.74) is 0. The van der Waals surface area contributed by atoms with Crippen molar-refractivity contribution in [3.8, 4) is 0 Å². The first-order chi connectivity index (χ1) is 35.2. The molecule has 0 aromatic carbocycles. The van der Waals surface area contributed by atoms with E-state index in [4.69, 9.17) is 9.47 Å². The second-order valence-corrected chi connectivity index (χ2v) is 22.5. The van der Waals surface area contributed by atoms with Gasteiger partial charge in [-0.15, -0.1) is 0 Å². The number of nitrogens with one attached hydrogen (secondary N) is 1. The fourth-order valence-corrected chi connectivity index (χ4v) is 10.6. The first-order valence-corrected chi connectivity index (χ1v) is 31.4. The monoisotopic (exact) mass is 1030 g/mol. The number of hydrogen-bond donors (Lipinski definition) is 8. The molecule has 0 radical (unpaired) electrons. The number of aliphatic hydroxyl groups excluding tert-OH is 7. The zero-order chi connectivity index (χ0) is 52.5. The van der Waals surface area contributed by atoms with Crippen molar-refractivity contribution in [2.75, 3.05) is 13.2 Å². The topological polar surface area (TPSA) is 189 Å². The summed E-state index contributed by atoms with van der Waals surface area (Å²) in [6, 6.07) is -1.16. The van der Waals surface area contributed by atoms with Crippen LogP contribution in [0.5, 0.6) is 0 Å². The average Bonchev–Trinajstić information content (AvgIpc) is 3.38. The summed E-state index contributed by atoms with van der Waals surface area (Å²) in [4.78, 5) is 13.2. The standard InChI is InChI=1S/C61H121NO10/c1-3-5-7-9-11-13-15-16-17-18-19-20-21-22-23-24-25-26-27-28-29-30-31-32-33-34-35-36-37-39-41-43-45-47-49-54(65)60(70)62-52(51-71-61-59(69)58(68)57(67)55(50-63)72-61)56(66)53(64)48-46-44-42-40-38-14-12-10-8-6-4-2/h52-59,61,63-69H,3-51H2,1-2H3,(H,62,70). The number of aliphatic hydroxyl groups is 7. The molecule has 1 saturated heterocycles. The number of amides is 1. The van der Waals surface area contributed by atoms with Gasteiger partial charge in [-0.05, 0) is 12.8 Å². The van der Waals surface area contributed by atoms with Crippen LogP contribution in [0.1, 0.15) is 316 Å². The van der Waals surface area contributed by atoms with E-state index in [0.29, 0.717) is 19.3 Å². The molecule has 1 rings (SSSR count). The van der Waals surface area contributed by atoms with Crippen LogP contribution in [0, 0.1) is 0 Å². The maximum absolute atomic E-state index is 13.2. The smallest absolute Gasteiger partial charge is 0.249 e. The highest BCUT2D eigenvalue weighted by Gasteiger charge is 2.44. The van der Waals surface area contributed by atoms with E-state index in [1.54, 1.807) is 0 Å². The third-order valence-corrected chi connectivity index (χ3v) is 15.7. The molecular formula is C61H121NO10. The summed E-state index contributed by atoms with van der Waals surface area (Å²) < 4.78 is 11.1. The van der Waals surface area contributed by atoms with E-state index in [2.05, 4.69) is 19.2 Å². The minimum atomic E-state index is -1.66. The van der Waals surface area contributed by atoms with Gasteiger partial charge in [0, 0.05) is 0 Å². The molecule has 9 unspecified atom stereocenters. The van der Waals surface area contributed by atoms with Crippen molar-refractivity contribution in [2.24, 2.45) is 0 Å². The third-order valence-electron chi connectivity index (χ3n) is 15.7. The SMILES string of the molecule is CCCCCCCCCCCCCCCCCCCCCCCCCCCCCCCCCCCCC(O)C(=O)NC(COC1OC(CO)C(O)C(O)C1O)C(O)C(O)CCCCCCCCCCCCC. The highest BCUT2D eigenvalue weighted by atomic mass is 16.7. The minimum Gasteiger partial charge on any atom is -0.394 e. The van der Waals surface area contributed by atoms with Gasteiger partial charge in [-0.3, -0.25) is 4.79 Å². The lowest BCUT2D eigenvalue weighted by molar-refractivity contribution is -0.303. The molecule has 11 nitrogen and oxygen atoms in total. The molecule has 11 heteroatoms. The van der Waals surface area contributed by atoms with Crippen LogP contribution in [0.4, 0.5) is 0 Å². The number of carbonyl (C=O) groups is 1. The molecule has 0 saturated carbocycles. The van der Waals surface area contributed by atoms with E-state index in [-0.39, 0.29) is 6.42 Å². The van der Waals surface area contributed by atoms with Crippen molar-refractivity contribution in [1.29, 1.82) is 0 Å². The van der Waals surface area contributed by atoms with Gasteiger partial charge < -0.3 is 50.5 Å². The highest BCUT2D eigenvalue weighted by molar-refractivity contribution is 5.80. The molecule has 0 aromatic rings. The van der Waals surface area contributed by atoms with E-state index in [9.17, 15) is 40.5 Å². The van der Waals surface area contributed by atoms with E-state index in [1.165, 1.54) is 238 Å². The van der Waals surface area contributed by atoms with Gasteiger partial charge in [-0.1, -0.05) is 303 Å². The fraction of sp³-hybridized carbons (Fsp3) is 0.984. The molecule has 9 atom stereocenters. The summed E-state index contributed by atoms with van der Waals surface area (Å²) in [6.45, 7) is 3.47. The Morgan fingerprint density at radius 3 is 1.03 bits per heavy atom. The van der Waals surface area contributed by atoms with Gasteiger partial charge in [0.05, 0.1) is 25.4 Å². The van der Waals surface area contributed by atoms with Crippen LogP contribution in [-0.2, 0) is 14.3 Å². The van der Waals surface area contributed by atoms with Crippen LogP contribution in [0.25, 0.3) is 0 Å². The van der Waals surface area contributed by atoms with Gasteiger partial charge in [0.15, 0.2) is 6.29 Å². The molecule has 1 aliphatic heterocycles. The molecule has 0 spiro atoms. The van der Waals surface area contributed by atoms with Gasteiger partial charge in [-0.25, -0.2) is 0 Å². The van der Waals surface area contributed by atoms with Crippen LogP contribution < -0.4 is 5.32 Å². The Morgan fingerprint density at radius 2 is 0.722 bits per heavy atom. The summed E-state index contributed by atoms with van der Waals surface area (Å²) in [6.07, 6.45) is 47.8. The van der Waals surface area contributed by atoms with Crippen LogP contribution in [-0.4, -0.2) is 110 Å². The van der Waals surface area contributed by atoms with Crippen LogP contribution >= 0.6 is 0 Å². The normalized spacial score (nSPS) is 19.9. The number of carbonyl (C=O) groups excluding carboxylic acids is 1. The molecular weight excluding hydrogens is 907 g/mol. The Kier molecular flexibility index (Phi) is 48.9. The van der Waals surface area contributed by atoms with Crippen LogP contribution in [0.3, 0.4) is 0 Å². The Morgan fingerprint density at radius 1 is 0.431 bits per heavy atom. The van der Waals surface area contributed by atoms with Crippen molar-refractivity contribution in [3.63, 3.8) is 0 Å². The fourth-order valence-electron chi connectivity index (χ4n) is 10.6. The zero-order valence-corrected chi connectivity index (χ0v) is 47.2. The maximum atomic E-state index is 13.2. The molecule has 1 heterocycles. The molecule has 8 N–H and O–H groups in total. The second-order valence-electron chi connectivity index (χ2n) is 22.5. The quantitative estimate of drug-likeness (QED) is 0.0272. The number of ether oxygens (including phenoxy) is 2. The second kappa shape index (κ2) is 50.9. The van der Waals surface area contributed by atoms with E-state index in [1.807, 2.05) is 0 Å². The van der Waals surface area contributed by atoms with Crippen LogP contribution in [0.15, 0.2) is 0 Å². The van der Waals surface area contributed by atoms with Gasteiger partial charge in [0.25, 0.3) is 0 Å².